The van der Waals surface area contributed by atoms with Crippen LogP contribution >= 0.6 is 0 Å². The van der Waals surface area contributed by atoms with E-state index in [1.165, 1.54) is 0 Å². The van der Waals surface area contributed by atoms with Gasteiger partial charge >= 0.3 is 5.97 Å². The summed E-state index contributed by atoms with van der Waals surface area (Å²) in [5.41, 5.74) is 8.42. The smallest absolute Gasteiger partial charge is 0.311 e. The molecule has 0 spiro atoms. The first-order chi connectivity index (χ1) is 14.4. The number of hydrogen-bond donors (Lipinski definition) is 4. The minimum Gasteiger partial charge on any atom is -0.489 e. The van der Waals surface area contributed by atoms with Crippen LogP contribution in [0.2, 0.25) is 0 Å². The van der Waals surface area contributed by atoms with Crippen molar-refractivity contribution in [2.75, 3.05) is 13.1 Å². The SMILES string of the molecule is Cc1c(CC(C(=O)O)c2ccc(O[C@H]3CCNC3)cc2)oc2ccc(C(=N)N)cc12. The molecule has 1 aliphatic rings. The molecule has 7 nitrogen and oxygen atoms in total. The fraction of sp³-hybridized carbons (Fsp3) is 0.304. The largest absolute Gasteiger partial charge is 0.489 e. The first kappa shape index (κ1) is 20.0. The molecule has 1 saturated heterocycles. The summed E-state index contributed by atoms with van der Waals surface area (Å²) in [6.45, 7) is 3.68. The molecule has 2 aromatic carbocycles. The highest BCUT2D eigenvalue weighted by Crippen LogP contribution is 2.31. The molecule has 156 valence electrons. The summed E-state index contributed by atoms with van der Waals surface area (Å²) in [6.07, 6.45) is 1.36. The highest BCUT2D eigenvalue weighted by molar-refractivity contribution is 5.99. The number of carboxylic acids is 1. The molecule has 1 unspecified atom stereocenters. The molecule has 4 rings (SSSR count). The molecule has 7 heteroatoms. The second-order valence-corrected chi connectivity index (χ2v) is 7.67. The summed E-state index contributed by atoms with van der Waals surface area (Å²) < 4.78 is 11.9. The van der Waals surface area contributed by atoms with Gasteiger partial charge in [-0.1, -0.05) is 12.1 Å². The van der Waals surface area contributed by atoms with E-state index in [0.717, 1.165) is 36.2 Å². The maximum atomic E-state index is 12.0. The first-order valence-corrected chi connectivity index (χ1v) is 9.99. The number of ether oxygens (including phenoxy) is 1. The lowest BCUT2D eigenvalue weighted by molar-refractivity contribution is -0.138. The molecule has 0 saturated carbocycles. The zero-order chi connectivity index (χ0) is 21.3. The minimum atomic E-state index is -0.909. The normalized spacial score (nSPS) is 17.2. The lowest BCUT2D eigenvalue weighted by Crippen LogP contribution is -2.19. The maximum Gasteiger partial charge on any atom is 0.311 e. The van der Waals surface area contributed by atoms with E-state index < -0.39 is 11.9 Å². The van der Waals surface area contributed by atoms with Crippen molar-refractivity contribution in [3.8, 4) is 5.75 Å². The van der Waals surface area contributed by atoms with Gasteiger partial charge in [0.2, 0.25) is 0 Å². The van der Waals surface area contributed by atoms with E-state index in [-0.39, 0.29) is 18.4 Å². The van der Waals surface area contributed by atoms with Crippen LogP contribution in [0, 0.1) is 12.3 Å². The lowest BCUT2D eigenvalue weighted by atomic mass is 9.93. The maximum absolute atomic E-state index is 12.0. The molecule has 0 radical (unpaired) electrons. The van der Waals surface area contributed by atoms with Crippen LogP contribution in [0.3, 0.4) is 0 Å². The van der Waals surface area contributed by atoms with E-state index >= 15 is 0 Å². The van der Waals surface area contributed by atoms with Gasteiger partial charge in [-0.25, -0.2) is 0 Å². The zero-order valence-corrected chi connectivity index (χ0v) is 16.8. The molecule has 1 fully saturated rings. The van der Waals surface area contributed by atoms with Crippen LogP contribution in [0.5, 0.6) is 5.75 Å². The number of hydrogen-bond acceptors (Lipinski definition) is 5. The Balaban J connectivity index is 1.57. The van der Waals surface area contributed by atoms with Crippen LogP contribution in [-0.4, -0.2) is 36.1 Å². The van der Waals surface area contributed by atoms with Gasteiger partial charge < -0.3 is 25.3 Å². The fourth-order valence-corrected chi connectivity index (χ4v) is 3.87. The standard InChI is InChI=1S/C23H25N3O4/c1-13-18-10-15(22(24)25)4-7-20(18)30-21(13)11-19(23(27)28)14-2-5-16(6-3-14)29-17-8-9-26-12-17/h2-7,10,17,19,26H,8-9,11-12H2,1H3,(H3,24,25)(H,27,28)/t17-,19?/m0/s1. The summed E-state index contributed by atoms with van der Waals surface area (Å²) in [5, 5.41) is 21.6. The summed E-state index contributed by atoms with van der Waals surface area (Å²) in [6, 6.07) is 12.6. The van der Waals surface area contributed by atoms with Crippen molar-refractivity contribution in [1.82, 2.24) is 5.32 Å². The van der Waals surface area contributed by atoms with Gasteiger partial charge in [0.25, 0.3) is 0 Å². The van der Waals surface area contributed by atoms with Gasteiger partial charge in [-0.05, 0) is 61.3 Å². The second-order valence-electron chi connectivity index (χ2n) is 7.67. The van der Waals surface area contributed by atoms with E-state index in [1.54, 1.807) is 18.2 Å². The van der Waals surface area contributed by atoms with Crippen LogP contribution in [-0.2, 0) is 11.2 Å². The fourth-order valence-electron chi connectivity index (χ4n) is 3.87. The number of nitrogen functional groups attached to an aromatic ring is 1. The lowest BCUT2D eigenvalue weighted by Gasteiger charge is -2.15. The van der Waals surface area contributed by atoms with Gasteiger partial charge in [-0.2, -0.15) is 0 Å². The molecule has 0 amide bonds. The molecule has 3 aromatic rings. The molecule has 0 aliphatic carbocycles. The van der Waals surface area contributed by atoms with Crippen molar-refractivity contribution < 1.29 is 19.1 Å². The molecule has 2 heterocycles. The number of nitrogens with two attached hydrogens (primary N) is 1. The third-order valence-corrected chi connectivity index (χ3v) is 5.63. The van der Waals surface area contributed by atoms with Crippen molar-refractivity contribution in [1.29, 1.82) is 5.41 Å². The number of carboxylic acid groups (broad SMARTS) is 1. The Labute approximate surface area is 174 Å². The molecule has 0 bridgehead atoms. The number of furan rings is 1. The number of fused-ring (bicyclic) bond motifs is 1. The van der Waals surface area contributed by atoms with Crippen LogP contribution in [0.25, 0.3) is 11.0 Å². The van der Waals surface area contributed by atoms with Crippen molar-refractivity contribution in [3.05, 3.63) is 64.9 Å². The van der Waals surface area contributed by atoms with E-state index in [1.807, 2.05) is 31.2 Å². The predicted molar refractivity (Wildman–Crippen MR) is 114 cm³/mol. The summed E-state index contributed by atoms with van der Waals surface area (Å²) in [7, 11) is 0. The average molecular weight is 407 g/mol. The summed E-state index contributed by atoms with van der Waals surface area (Å²) in [4.78, 5) is 12.0. The van der Waals surface area contributed by atoms with E-state index in [0.29, 0.717) is 22.5 Å². The van der Waals surface area contributed by atoms with E-state index in [4.69, 9.17) is 20.3 Å². The Morgan fingerprint density at radius 2 is 2.10 bits per heavy atom. The van der Waals surface area contributed by atoms with Crippen LogP contribution in [0.4, 0.5) is 0 Å². The Kier molecular flexibility index (Phi) is 5.46. The van der Waals surface area contributed by atoms with Crippen LogP contribution < -0.4 is 15.8 Å². The number of aliphatic carboxylic acids is 1. The van der Waals surface area contributed by atoms with E-state index in [2.05, 4.69) is 5.32 Å². The van der Waals surface area contributed by atoms with Gasteiger partial charge in [0, 0.05) is 23.9 Å². The van der Waals surface area contributed by atoms with Gasteiger partial charge in [0.15, 0.2) is 0 Å². The first-order valence-electron chi connectivity index (χ1n) is 9.99. The Hall–Kier alpha value is -3.32. The molecule has 30 heavy (non-hydrogen) atoms. The number of carbonyl (C=O) groups is 1. The Bertz CT molecular complexity index is 1080. The third kappa shape index (κ3) is 4.02. The number of rotatable bonds is 7. The van der Waals surface area contributed by atoms with Gasteiger partial charge in [-0.15, -0.1) is 0 Å². The number of nitrogens with one attached hydrogen (secondary N) is 2. The molecular weight excluding hydrogens is 382 g/mol. The minimum absolute atomic E-state index is 0.0156. The van der Waals surface area contributed by atoms with Crippen molar-refractivity contribution in [2.24, 2.45) is 5.73 Å². The zero-order valence-electron chi connectivity index (χ0n) is 16.8. The highest BCUT2D eigenvalue weighted by Gasteiger charge is 2.24. The number of aryl methyl sites for hydroxylation is 1. The molecular formula is C23H25N3O4. The number of amidine groups is 1. The Morgan fingerprint density at radius 3 is 2.73 bits per heavy atom. The molecule has 1 aliphatic heterocycles. The van der Waals surface area contributed by atoms with Gasteiger partial charge in [-0.3, -0.25) is 10.2 Å². The summed E-state index contributed by atoms with van der Waals surface area (Å²) >= 11 is 0. The van der Waals surface area contributed by atoms with Crippen LogP contribution in [0.1, 0.15) is 34.8 Å². The topological polar surface area (TPSA) is 122 Å². The van der Waals surface area contributed by atoms with Crippen molar-refractivity contribution in [2.45, 2.75) is 31.8 Å². The molecule has 5 N–H and O–H groups in total. The van der Waals surface area contributed by atoms with Crippen molar-refractivity contribution in [3.63, 3.8) is 0 Å². The number of benzene rings is 2. The van der Waals surface area contributed by atoms with Crippen LogP contribution in [0.15, 0.2) is 46.9 Å². The summed E-state index contributed by atoms with van der Waals surface area (Å²) in [5.74, 6) is -0.298. The monoisotopic (exact) mass is 407 g/mol. The molecule has 2 atom stereocenters. The molecule has 1 aromatic heterocycles. The second kappa shape index (κ2) is 8.20. The predicted octanol–water partition coefficient (Wildman–Crippen LogP) is 3.18. The van der Waals surface area contributed by atoms with Crippen molar-refractivity contribution >= 4 is 22.8 Å². The third-order valence-electron chi connectivity index (χ3n) is 5.63. The quantitative estimate of drug-likeness (QED) is 0.353. The van der Waals surface area contributed by atoms with E-state index in [9.17, 15) is 9.90 Å². The average Bonchev–Trinajstić information content (AvgIpc) is 3.34. The van der Waals surface area contributed by atoms with Gasteiger partial charge in [0.05, 0.1) is 5.92 Å². The van der Waals surface area contributed by atoms with Gasteiger partial charge in [0.1, 0.15) is 29.0 Å². The Morgan fingerprint density at radius 1 is 1.33 bits per heavy atom. The highest BCUT2D eigenvalue weighted by atomic mass is 16.5.